The van der Waals surface area contributed by atoms with E-state index in [1.807, 2.05) is 48.7 Å². The second kappa shape index (κ2) is 7.96. The summed E-state index contributed by atoms with van der Waals surface area (Å²) in [4.78, 5) is 4.15. The van der Waals surface area contributed by atoms with Crippen LogP contribution in [0.1, 0.15) is 24.9 Å². The van der Waals surface area contributed by atoms with Gasteiger partial charge in [-0.3, -0.25) is 0 Å². The highest BCUT2D eigenvalue weighted by Gasteiger charge is 2.13. The summed E-state index contributed by atoms with van der Waals surface area (Å²) in [5.74, 6) is 2.24. The van der Waals surface area contributed by atoms with Crippen LogP contribution >= 0.6 is 35.0 Å². The molecule has 0 spiro atoms. The maximum Gasteiger partial charge on any atom is 0.0948 e. The van der Waals surface area contributed by atoms with Gasteiger partial charge < -0.3 is 4.57 Å². The molecule has 1 heterocycles. The molecule has 0 aliphatic rings. The topological polar surface area (TPSA) is 17.8 Å². The Morgan fingerprint density at radius 3 is 2.85 bits per heavy atom. The number of aromatic nitrogens is 2. The normalized spacial score (nSPS) is 12.6. The van der Waals surface area contributed by atoms with E-state index in [0.29, 0.717) is 11.1 Å². The van der Waals surface area contributed by atoms with Crippen molar-refractivity contribution in [2.45, 2.75) is 25.8 Å². The first-order valence-electron chi connectivity index (χ1n) is 6.69. The zero-order valence-corrected chi connectivity index (χ0v) is 13.8. The predicted octanol–water partition coefficient (Wildman–Crippen LogP) is 5.12. The third-order valence-corrected chi connectivity index (χ3v) is 4.98. The summed E-state index contributed by atoms with van der Waals surface area (Å²) in [5.41, 5.74) is 1.13. The maximum atomic E-state index is 6.28. The first-order chi connectivity index (χ1) is 9.70. The van der Waals surface area contributed by atoms with Gasteiger partial charge in [-0.1, -0.05) is 36.2 Å². The summed E-state index contributed by atoms with van der Waals surface area (Å²) in [7, 11) is 0. The Kier molecular flexibility index (Phi) is 6.27. The second-order valence-electron chi connectivity index (χ2n) is 4.68. The molecule has 0 unspecified atom stereocenters. The lowest BCUT2D eigenvalue weighted by atomic mass is 10.1. The van der Waals surface area contributed by atoms with Crippen LogP contribution in [-0.4, -0.2) is 21.1 Å². The molecule has 1 aromatic heterocycles. The van der Waals surface area contributed by atoms with Crippen molar-refractivity contribution in [3.05, 3.63) is 52.5 Å². The van der Waals surface area contributed by atoms with Gasteiger partial charge in [-0.05, 0) is 36.3 Å². The second-order valence-corrected chi connectivity index (χ2v) is 6.67. The van der Waals surface area contributed by atoms with Crippen molar-refractivity contribution < 1.29 is 0 Å². The average Bonchev–Trinajstić information content (AvgIpc) is 2.94. The van der Waals surface area contributed by atoms with E-state index in [1.165, 1.54) is 12.2 Å². The van der Waals surface area contributed by atoms with Gasteiger partial charge in [-0.2, -0.15) is 11.8 Å². The van der Waals surface area contributed by atoms with Crippen LogP contribution in [0, 0.1) is 0 Å². The number of thioether (sulfide) groups is 1. The van der Waals surface area contributed by atoms with Crippen molar-refractivity contribution in [3.8, 4) is 0 Å². The Bertz CT molecular complexity index is 529. The largest absolute Gasteiger partial charge is 0.333 e. The minimum Gasteiger partial charge on any atom is -0.333 e. The minimum atomic E-state index is 0.368. The molecule has 0 bridgehead atoms. The number of imidazole rings is 1. The summed E-state index contributed by atoms with van der Waals surface area (Å²) in [6.45, 7) is 2.20. The average molecular weight is 329 g/mol. The molecule has 2 aromatic rings. The molecule has 5 heteroatoms. The Morgan fingerprint density at radius 1 is 1.35 bits per heavy atom. The van der Waals surface area contributed by atoms with Crippen molar-refractivity contribution in [1.82, 2.24) is 9.55 Å². The van der Waals surface area contributed by atoms with Crippen molar-refractivity contribution in [3.63, 3.8) is 0 Å². The van der Waals surface area contributed by atoms with Gasteiger partial charge in [0.2, 0.25) is 0 Å². The molecule has 0 N–H and O–H groups in total. The summed E-state index contributed by atoms with van der Waals surface area (Å²) in [6.07, 6.45) is 7.80. The van der Waals surface area contributed by atoms with Crippen molar-refractivity contribution in [2.24, 2.45) is 0 Å². The quantitative estimate of drug-likeness (QED) is 0.656. The Morgan fingerprint density at radius 2 is 2.20 bits per heavy atom. The van der Waals surface area contributed by atoms with Gasteiger partial charge in [0.05, 0.1) is 6.33 Å². The molecule has 0 radical (unpaired) electrons. The number of halogens is 2. The van der Waals surface area contributed by atoms with Crippen molar-refractivity contribution in [2.75, 3.05) is 11.5 Å². The fourth-order valence-corrected chi connectivity index (χ4v) is 3.54. The molecular weight excluding hydrogens is 311 g/mol. The number of rotatable bonds is 7. The number of hydrogen-bond donors (Lipinski definition) is 0. The first-order valence-corrected chi connectivity index (χ1v) is 8.61. The highest BCUT2D eigenvalue weighted by Crippen LogP contribution is 2.26. The monoisotopic (exact) mass is 328 g/mol. The van der Waals surface area contributed by atoms with E-state index in [0.717, 1.165) is 22.8 Å². The van der Waals surface area contributed by atoms with E-state index in [4.69, 9.17) is 23.2 Å². The molecule has 0 fully saturated rings. The van der Waals surface area contributed by atoms with Crippen LogP contribution in [-0.2, 0) is 6.42 Å². The third kappa shape index (κ3) is 4.44. The predicted molar refractivity (Wildman–Crippen MR) is 89.0 cm³/mol. The van der Waals surface area contributed by atoms with Crippen molar-refractivity contribution >= 4 is 35.0 Å². The molecule has 1 atom stereocenters. The van der Waals surface area contributed by atoms with Gasteiger partial charge in [0.15, 0.2) is 0 Å². The summed E-state index contributed by atoms with van der Waals surface area (Å²) < 4.78 is 2.16. The van der Waals surface area contributed by atoms with Gasteiger partial charge in [0.25, 0.3) is 0 Å². The summed E-state index contributed by atoms with van der Waals surface area (Å²) in [6, 6.07) is 6.09. The lowest BCUT2D eigenvalue weighted by Gasteiger charge is -2.19. The SMILES string of the molecule is CCCSC[C@H](Cc1ccc(Cl)cc1Cl)n1ccnc1. The molecular formula is C15H18Cl2N2S. The van der Waals surface area contributed by atoms with E-state index >= 15 is 0 Å². The third-order valence-electron chi connectivity index (χ3n) is 3.08. The number of benzene rings is 1. The zero-order valence-electron chi connectivity index (χ0n) is 11.4. The first kappa shape index (κ1) is 15.7. The Hall–Kier alpha value is -0.640. The van der Waals surface area contributed by atoms with Crippen LogP contribution in [0.15, 0.2) is 36.9 Å². The molecule has 0 saturated carbocycles. The fourth-order valence-electron chi connectivity index (χ4n) is 2.04. The van der Waals surface area contributed by atoms with E-state index in [2.05, 4.69) is 16.5 Å². The molecule has 1 aromatic carbocycles. The molecule has 20 heavy (non-hydrogen) atoms. The van der Waals surface area contributed by atoms with Gasteiger partial charge in [0, 0.05) is 34.2 Å². The van der Waals surface area contributed by atoms with Gasteiger partial charge in [-0.15, -0.1) is 0 Å². The van der Waals surface area contributed by atoms with E-state index in [1.54, 1.807) is 0 Å². The molecule has 108 valence electrons. The fraction of sp³-hybridized carbons (Fsp3) is 0.400. The van der Waals surface area contributed by atoms with E-state index in [9.17, 15) is 0 Å². The van der Waals surface area contributed by atoms with Crippen LogP contribution in [0.4, 0.5) is 0 Å². The van der Waals surface area contributed by atoms with Crippen LogP contribution in [0.25, 0.3) is 0 Å². The zero-order chi connectivity index (χ0) is 14.4. The summed E-state index contributed by atoms with van der Waals surface area (Å²) in [5, 5.41) is 1.42. The number of hydrogen-bond acceptors (Lipinski definition) is 2. The minimum absolute atomic E-state index is 0.368. The van der Waals surface area contributed by atoms with Crippen LogP contribution in [0.3, 0.4) is 0 Å². The smallest absolute Gasteiger partial charge is 0.0948 e. The van der Waals surface area contributed by atoms with Crippen LogP contribution in [0.5, 0.6) is 0 Å². The Balaban J connectivity index is 2.10. The Labute approximate surface area is 134 Å². The van der Waals surface area contributed by atoms with E-state index in [-0.39, 0.29) is 0 Å². The van der Waals surface area contributed by atoms with E-state index < -0.39 is 0 Å². The lowest BCUT2D eigenvalue weighted by molar-refractivity contribution is 0.553. The molecule has 2 rings (SSSR count). The highest BCUT2D eigenvalue weighted by molar-refractivity contribution is 7.99. The lowest BCUT2D eigenvalue weighted by Crippen LogP contribution is -2.13. The molecule has 0 aliphatic carbocycles. The van der Waals surface area contributed by atoms with Crippen LogP contribution in [0.2, 0.25) is 10.0 Å². The summed E-state index contributed by atoms with van der Waals surface area (Å²) >= 11 is 14.2. The standard InChI is InChI=1S/C15H18Cl2N2S/c1-2-7-20-10-14(19-6-5-18-11-19)8-12-3-4-13(16)9-15(12)17/h3-6,9,11,14H,2,7-8,10H2,1H3/t14-/m0/s1. The molecule has 2 nitrogen and oxygen atoms in total. The number of nitrogens with zero attached hydrogens (tertiary/aromatic N) is 2. The maximum absolute atomic E-state index is 6.28. The van der Waals surface area contributed by atoms with Gasteiger partial charge >= 0.3 is 0 Å². The molecule has 0 amide bonds. The van der Waals surface area contributed by atoms with Crippen LogP contribution < -0.4 is 0 Å². The van der Waals surface area contributed by atoms with Crippen molar-refractivity contribution in [1.29, 1.82) is 0 Å². The highest BCUT2D eigenvalue weighted by atomic mass is 35.5. The molecule has 0 saturated heterocycles. The van der Waals surface area contributed by atoms with Gasteiger partial charge in [0.1, 0.15) is 0 Å². The molecule has 0 aliphatic heterocycles. The van der Waals surface area contributed by atoms with Gasteiger partial charge in [-0.25, -0.2) is 4.98 Å².